The summed E-state index contributed by atoms with van der Waals surface area (Å²) < 4.78 is 29.8. The summed E-state index contributed by atoms with van der Waals surface area (Å²) >= 11 is 6.17. The van der Waals surface area contributed by atoms with Gasteiger partial charge in [0.15, 0.2) is 23.0 Å². The van der Waals surface area contributed by atoms with Crippen molar-refractivity contribution in [2.75, 3.05) is 18.5 Å². The molecule has 1 N–H and O–H groups in total. The Kier molecular flexibility index (Phi) is 4.22. The number of fused-ring (bicyclic) bond motifs is 1. The Morgan fingerprint density at radius 2 is 1.85 bits per heavy atom. The molecular weight excluding hydrogens is 363 g/mol. The van der Waals surface area contributed by atoms with Crippen LogP contribution in [-0.2, 0) is 0 Å². The Morgan fingerprint density at radius 1 is 1.12 bits per heavy atom. The highest BCUT2D eigenvalue weighted by Crippen LogP contribution is 2.38. The summed E-state index contributed by atoms with van der Waals surface area (Å²) in [5.74, 6) is 0.146. The smallest absolute Gasteiger partial charge is 0.277 e. The Morgan fingerprint density at radius 3 is 2.62 bits per heavy atom. The zero-order valence-corrected chi connectivity index (χ0v) is 14.0. The van der Waals surface area contributed by atoms with Crippen LogP contribution in [0.5, 0.6) is 11.5 Å². The van der Waals surface area contributed by atoms with Crippen molar-refractivity contribution in [3.63, 3.8) is 0 Å². The number of carbonyl (C=O) groups is 1. The summed E-state index contributed by atoms with van der Waals surface area (Å²) in [5.41, 5.74) is 0.557. The normalized spacial score (nSPS) is 12.7. The van der Waals surface area contributed by atoms with Crippen LogP contribution in [0.4, 0.5) is 10.1 Å². The molecule has 2 aromatic carbocycles. The summed E-state index contributed by atoms with van der Waals surface area (Å²) in [5, 5.41) is 6.62. The van der Waals surface area contributed by atoms with Crippen LogP contribution in [0.2, 0.25) is 5.02 Å². The predicted molar refractivity (Wildman–Crippen MR) is 92.3 cm³/mol. The van der Waals surface area contributed by atoms with Gasteiger partial charge in [-0.1, -0.05) is 28.9 Å². The number of amides is 1. The van der Waals surface area contributed by atoms with Crippen molar-refractivity contribution in [3.05, 3.63) is 59.0 Å². The minimum atomic E-state index is -0.546. The zero-order chi connectivity index (χ0) is 18.1. The third-order valence-electron chi connectivity index (χ3n) is 3.76. The molecule has 0 fully saturated rings. The summed E-state index contributed by atoms with van der Waals surface area (Å²) in [7, 11) is 0. The van der Waals surface area contributed by atoms with E-state index in [2.05, 4.69) is 10.5 Å². The van der Waals surface area contributed by atoms with E-state index in [1.807, 2.05) is 0 Å². The lowest BCUT2D eigenvalue weighted by molar-refractivity contribution is 0.101. The first-order chi connectivity index (χ1) is 12.6. The summed E-state index contributed by atoms with van der Waals surface area (Å²) in [6, 6.07) is 10.6. The Hall–Kier alpha value is -3.06. The van der Waals surface area contributed by atoms with Crippen LogP contribution in [0.3, 0.4) is 0 Å². The van der Waals surface area contributed by atoms with Crippen LogP contribution in [0, 0.1) is 5.82 Å². The lowest BCUT2D eigenvalue weighted by atomic mass is 10.1. The molecular formula is C18H12ClFN2O4. The van der Waals surface area contributed by atoms with E-state index in [0.717, 1.165) is 0 Å². The van der Waals surface area contributed by atoms with E-state index in [1.54, 1.807) is 24.3 Å². The Bertz CT molecular complexity index is 989. The highest BCUT2D eigenvalue weighted by atomic mass is 35.5. The van der Waals surface area contributed by atoms with Crippen LogP contribution in [0.15, 0.2) is 47.0 Å². The molecule has 0 radical (unpaired) electrons. The number of anilines is 1. The fourth-order valence-electron chi connectivity index (χ4n) is 2.52. The van der Waals surface area contributed by atoms with Crippen molar-refractivity contribution in [2.24, 2.45) is 0 Å². The highest BCUT2D eigenvalue weighted by Gasteiger charge is 2.19. The first-order valence-corrected chi connectivity index (χ1v) is 8.12. The molecule has 3 aromatic rings. The SMILES string of the molecule is O=C(Nc1cc2c(cc1Cl)OCCO2)c1cc(-c2ccccc2F)on1. The van der Waals surface area contributed by atoms with Gasteiger partial charge in [0, 0.05) is 18.2 Å². The van der Waals surface area contributed by atoms with Gasteiger partial charge in [0.2, 0.25) is 0 Å². The van der Waals surface area contributed by atoms with Crippen molar-refractivity contribution in [1.82, 2.24) is 5.16 Å². The first kappa shape index (κ1) is 16.4. The molecule has 1 aromatic heterocycles. The number of hydrogen-bond acceptors (Lipinski definition) is 5. The second-order valence-electron chi connectivity index (χ2n) is 5.49. The maximum absolute atomic E-state index is 13.8. The number of rotatable bonds is 3. The average Bonchev–Trinajstić information content (AvgIpc) is 3.13. The fraction of sp³-hybridized carbons (Fsp3) is 0.111. The van der Waals surface area contributed by atoms with E-state index in [0.29, 0.717) is 35.4 Å². The van der Waals surface area contributed by atoms with Gasteiger partial charge in [-0.05, 0) is 12.1 Å². The van der Waals surface area contributed by atoms with Crippen molar-refractivity contribution in [3.8, 4) is 22.8 Å². The molecule has 0 saturated carbocycles. The van der Waals surface area contributed by atoms with Crippen molar-refractivity contribution >= 4 is 23.2 Å². The molecule has 4 rings (SSSR count). The number of halogens is 2. The van der Waals surface area contributed by atoms with Crippen LogP contribution < -0.4 is 14.8 Å². The lowest BCUT2D eigenvalue weighted by Crippen LogP contribution is -2.17. The minimum absolute atomic E-state index is 0.00536. The third kappa shape index (κ3) is 3.09. The van der Waals surface area contributed by atoms with E-state index in [-0.39, 0.29) is 17.0 Å². The van der Waals surface area contributed by atoms with Gasteiger partial charge in [-0.15, -0.1) is 0 Å². The lowest BCUT2D eigenvalue weighted by Gasteiger charge is -2.19. The van der Waals surface area contributed by atoms with Gasteiger partial charge in [-0.2, -0.15) is 0 Å². The molecule has 6 nitrogen and oxygen atoms in total. The Balaban J connectivity index is 1.57. The summed E-state index contributed by atoms with van der Waals surface area (Å²) in [4.78, 5) is 12.4. The molecule has 26 heavy (non-hydrogen) atoms. The van der Waals surface area contributed by atoms with Gasteiger partial charge in [0.25, 0.3) is 5.91 Å². The molecule has 0 saturated heterocycles. The van der Waals surface area contributed by atoms with E-state index >= 15 is 0 Å². The summed E-state index contributed by atoms with van der Waals surface area (Å²) in [6.07, 6.45) is 0. The number of hydrogen-bond donors (Lipinski definition) is 1. The van der Waals surface area contributed by atoms with Crippen molar-refractivity contribution in [1.29, 1.82) is 0 Å². The number of nitrogens with one attached hydrogen (secondary N) is 1. The van der Waals surface area contributed by atoms with Gasteiger partial charge >= 0.3 is 0 Å². The summed E-state index contributed by atoms with van der Waals surface area (Å²) in [6.45, 7) is 0.851. The van der Waals surface area contributed by atoms with Gasteiger partial charge in [-0.3, -0.25) is 4.79 Å². The molecule has 132 valence electrons. The maximum Gasteiger partial charge on any atom is 0.277 e. The monoisotopic (exact) mass is 374 g/mol. The van der Waals surface area contributed by atoms with E-state index in [4.69, 9.17) is 25.6 Å². The third-order valence-corrected chi connectivity index (χ3v) is 4.07. The number of ether oxygens (including phenoxy) is 2. The van der Waals surface area contributed by atoms with Gasteiger partial charge in [-0.25, -0.2) is 4.39 Å². The number of nitrogens with zero attached hydrogens (tertiary/aromatic N) is 1. The van der Waals surface area contributed by atoms with E-state index in [1.165, 1.54) is 18.2 Å². The molecule has 2 heterocycles. The first-order valence-electron chi connectivity index (χ1n) is 7.74. The van der Waals surface area contributed by atoms with Crippen LogP contribution >= 0.6 is 11.6 Å². The molecule has 1 aliphatic heterocycles. The molecule has 8 heteroatoms. The van der Waals surface area contributed by atoms with Crippen molar-refractivity contribution < 1.29 is 23.2 Å². The van der Waals surface area contributed by atoms with Gasteiger partial charge in [0.1, 0.15) is 19.0 Å². The number of benzene rings is 2. The minimum Gasteiger partial charge on any atom is -0.486 e. The van der Waals surface area contributed by atoms with E-state index < -0.39 is 11.7 Å². The Labute approximate surface area is 152 Å². The molecule has 0 bridgehead atoms. The van der Waals surface area contributed by atoms with Crippen molar-refractivity contribution in [2.45, 2.75) is 0 Å². The predicted octanol–water partition coefficient (Wildman–Crippen LogP) is 4.16. The zero-order valence-electron chi connectivity index (χ0n) is 13.3. The number of carbonyl (C=O) groups excluding carboxylic acids is 1. The van der Waals surface area contributed by atoms with E-state index in [9.17, 15) is 9.18 Å². The molecule has 0 atom stereocenters. The maximum atomic E-state index is 13.8. The topological polar surface area (TPSA) is 73.6 Å². The standard InChI is InChI=1S/C18H12ClFN2O4/c19-11-7-16-17(25-6-5-24-16)8-13(11)21-18(23)14-9-15(26-22-14)10-3-1-2-4-12(10)20/h1-4,7-9H,5-6H2,(H,21,23). The van der Waals surface area contributed by atoms with Crippen LogP contribution in [0.25, 0.3) is 11.3 Å². The van der Waals surface area contributed by atoms with Crippen LogP contribution in [-0.4, -0.2) is 24.3 Å². The largest absolute Gasteiger partial charge is 0.486 e. The van der Waals surface area contributed by atoms with Gasteiger partial charge < -0.3 is 19.3 Å². The molecule has 0 unspecified atom stereocenters. The molecule has 1 amide bonds. The second-order valence-corrected chi connectivity index (χ2v) is 5.89. The number of aromatic nitrogens is 1. The van der Waals surface area contributed by atoms with Crippen LogP contribution in [0.1, 0.15) is 10.5 Å². The quantitative estimate of drug-likeness (QED) is 0.745. The molecule has 1 aliphatic rings. The fourth-order valence-corrected chi connectivity index (χ4v) is 2.72. The molecule has 0 aliphatic carbocycles. The average molecular weight is 375 g/mol. The van der Waals surface area contributed by atoms with Gasteiger partial charge in [0.05, 0.1) is 16.3 Å². The molecule has 0 spiro atoms. The second kappa shape index (κ2) is 6.68. The highest BCUT2D eigenvalue weighted by molar-refractivity contribution is 6.34.